The number of methoxy groups -OCH3 is 1. The van der Waals surface area contributed by atoms with Crippen LogP contribution in [0.2, 0.25) is 0 Å². The lowest BCUT2D eigenvalue weighted by Crippen LogP contribution is -2.44. The van der Waals surface area contributed by atoms with Crippen LogP contribution >= 0.6 is 0 Å². The van der Waals surface area contributed by atoms with Crippen molar-refractivity contribution < 1.29 is 9.53 Å². The molecular formula is C9H17NO2. The van der Waals surface area contributed by atoms with E-state index in [0.717, 1.165) is 25.8 Å². The standard InChI is InChI=1S/C9H17NO2/c1-3-8-7(9(11)12-2)5-4-6-10-8/h7-8,10H,3-6H2,1-2H3/t7-,8+/m0/s1. The van der Waals surface area contributed by atoms with Crippen LogP contribution in [0.5, 0.6) is 0 Å². The van der Waals surface area contributed by atoms with E-state index in [1.54, 1.807) is 0 Å². The number of rotatable bonds is 2. The largest absolute Gasteiger partial charge is 0.469 e. The van der Waals surface area contributed by atoms with Gasteiger partial charge in [0.1, 0.15) is 0 Å². The number of hydrogen-bond acceptors (Lipinski definition) is 3. The Labute approximate surface area is 73.5 Å². The third kappa shape index (κ3) is 1.97. The fourth-order valence-corrected chi connectivity index (χ4v) is 1.82. The molecule has 1 fully saturated rings. The van der Waals surface area contributed by atoms with E-state index in [4.69, 9.17) is 4.74 Å². The maximum atomic E-state index is 11.3. The first-order chi connectivity index (χ1) is 5.79. The number of hydrogen-bond donors (Lipinski definition) is 1. The van der Waals surface area contributed by atoms with Crippen LogP contribution in [-0.2, 0) is 9.53 Å². The number of carbonyl (C=O) groups excluding carboxylic acids is 1. The second-order valence-corrected chi connectivity index (χ2v) is 3.24. The molecule has 0 radical (unpaired) electrons. The third-order valence-electron chi connectivity index (χ3n) is 2.53. The lowest BCUT2D eigenvalue weighted by Gasteiger charge is -2.29. The highest BCUT2D eigenvalue weighted by Crippen LogP contribution is 2.19. The monoisotopic (exact) mass is 171 g/mol. The van der Waals surface area contributed by atoms with Crippen LogP contribution in [0.1, 0.15) is 26.2 Å². The van der Waals surface area contributed by atoms with Crippen LogP contribution < -0.4 is 5.32 Å². The SMILES string of the molecule is CC[C@H]1NCCC[C@@H]1C(=O)OC. The molecule has 0 aromatic carbocycles. The molecule has 0 saturated carbocycles. The van der Waals surface area contributed by atoms with E-state index in [9.17, 15) is 4.79 Å². The van der Waals surface area contributed by atoms with E-state index in [0.29, 0.717) is 6.04 Å². The maximum Gasteiger partial charge on any atom is 0.310 e. The van der Waals surface area contributed by atoms with Crippen LogP contribution in [0.3, 0.4) is 0 Å². The van der Waals surface area contributed by atoms with Gasteiger partial charge in [-0.15, -0.1) is 0 Å². The summed E-state index contributed by atoms with van der Waals surface area (Å²) in [5, 5.41) is 3.33. The lowest BCUT2D eigenvalue weighted by atomic mass is 9.89. The molecule has 1 heterocycles. The van der Waals surface area contributed by atoms with Gasteiger partial charge in [0.05, 0.1) is 13.0 Å². The van der Waals surface area contributed by atoms with Crippen LogP contribution in [0.15, 0.2) is 0 Å². The summed E-state index contributed by atoms with van der Waals surface area (Å²) < 4.78 is 4.74. The summed E-state index contributed by atoms with van der Waals surface area (Å²) in [5.74, 6) is 0.0165. The quantitative estimate of drug-likeness (QED) is 0.628. The number of esters is 1. The summed E-state index contributed by atoms with van der Waals surface area (Å²) in [6.07, 6.45) is 3.05. The molecule has 2 atom stereocenters. The Balaban J connectivity index is 2.52. The van der Waals surface area contributed by atoms with Gasteiger partial charge in [0.25, 0.3) is 0 Å². The van der Waals surface area contributed by atoms with E-state index in [-0.39, 0.29) is 11.9 Å². The van der Waals surface area contributed by atoms with Crippen molar-refractivity contribution in [3.8, 4) is 0 Å². The Morgan fingerprint density at radius 1 is 1.67 bits per heavy atom. The highest BCUT2D eigenvalue weighted by Gasteiger charge is 2.29. The molecule has 1 aliphatic rings. The Bertz CT molecular complexity index is 159. The van der Waals surface area contributed by atoms with Crippen molar-refractivity contribution in [2.45, 2.75) is 32.2 Å². The summed E-state index contributed by atoms with van der Waals surface area (Å²) in [6.45, 7) is 3.13. The van der Waals surface area contributed by atoms with E-state index in [1.165, 1.54) is 7.11 Å². The van der Waals surface area contributed by atoms with Crippen molar-refractivity contribution >= 4 is 5.97 Å². The second kappa shape index (κ2) is 4.45. The average Bonchev–Trinajstić information content (AvgIpc) is 2.16. The second-order valence-electron chi connectivity index (χ2n) is 3.24. The maximum absolute atomic E-state index is 11.3. The van der Waals surface area contributed by atoms with Gasteiger partial charge in [0.15, 0.2) is 0 Å². The number of nitrogens with one attached hydrogen (secondary N) is 1. The zero-order valence-corrected chi connectivity index (χ0v) is 7.80. The first kappa shape index (κ1) is 9.52. The first-order valence-corrected chi connectivity index (χ1v) is 4.60. The summed E-state index contributed by atoms with van der Waals surface area (Å²) in [4.78, 5) is 11.3. The van der Waals surface area contributed by atoms with Crippen molar-refractivity contribution in [2.75, 3.05) is 13.7 Å². The Kier molecular flexibility index (Phi) is 3.53. The average molecular weight is 171 g/mol. The Morgan fingerprint density at radius 3 is 3.00 bits per heavy atom. The van der Waals surface area contributed by atoms with Crippen LogP contribution in [0, 0.1) is 5.92 Å². The van der Waals surface area contributed by atoms with Gasteiger partial charge in [-0.3, -0.25) is 4.79 Å². The fraction of sp³-hybridized carbons (Fsp3) is 0.889. The topological polar surface area (TPSA) is 38.3 Å². The van der Waals surface area contributed by atoms with Gasteiger partial charge >= 0.3 is 5.97 Å². The van der Waals surface area contributed by atoms with Crippen LogP contribution in [-0.4, -0.2) is 25.7 Å². The molecule has 0 bridgehead atoms. The highest BCUT2D eigenvalue weighted by molar-refractivity contribution is 5.73. The summed E-state index contributed by atoms with van der Waals surface area (Å²) in [7, 11) is 1.46. The van der Waals surface area contributed by atoms with Crippen LogP contribution in [0.25, 0.3) is 0 Å². The van der Waals surface area contributed by atoms with E-state index < -0.39 is 0 Å². The highest BCUT2D eigenvalue weighted by atomic mass is 16.5. The molecule has 0 aromatic rings. The van der Waals surface area contributed by atoms with Crippen molar-refractivity contribution in [1.29, 1.82) is 0 Å². The number of piperidine rings is 1. The van der Waals surface area contributed by atoms with E-state index in [1.807, 2.05) is 0 Å². The zero-order chi connectivity index (χ0) is 8.97. The molecule has 0 spiro atoms. The number of ether oxygens (including phenoxy) is 1. The summed E-state index contributed by atoms with van der Waals surface area (Å²) >= 11 is 0. The Hall–Kier alpha value is -0.570. The smallest absolute Gasteiger partial charge is 0.310 e. The van der Waals surface area contributed by atoms with E-state index >= 15 is 0 Å². The minimum Gasteiger partial charge on any atom is -0.469 e. The zero-order valence-electron chi connectivity index (χ0n) is 7.80. The van der Waals surface area contributed by atoms with Gasteiger partial charge in [-0.1, -0.05) is 6.92 Å². The van der Waals surface area contributed by atoms with Gasteiger partial charge in [0, 0.05) is 6.04 Å². The third-order valence-corrected chi connectivity index (χ3v) is 2.53. The van der Waals surface area contributed by atoms with Gasteiger partial charge in [-0.2, -0.15) is 0 Å². The van der Waals surface area contributed by atoms with Gasteiger partial charge < -0.3 is 10.1 Å². The molecule has 0 unspecified atom stereocenters. The fourth-order valence-electron chi connectivity index (χ4n) is 1.82. The molecule has 1 rings (SSSR count). The van der Waals surface area contributed by atoms with Gasteiger partial charge in [-0.25, -0.2) is 0 Å². The molecule has 0 aliphatic carbocycles. The first-order valence-electron chi connectivity index (χ1n) is 4.60. The molecule has 1 saturated heterocycles. The van der Waals surface area contributed by atoms with Crippen LogP contribution in [0.4, 0.5) is 0 Å². The minimum absolute atomic E-state index is 0.0611. The molecule has 3 heteroatoms. The van der Waals surface area contributed by atoms with Crippen molar-refractivity contribution in [2.24, 2.45) is 5.92 Å². The molecule has 3 nitrogen and oxygen atoms in total. The normalized spacial score (nSPS) is 29.8. The predicted molar refractivity (Wildman–Crippen MR) is 46.8 cm³/mol. The molecule has 0 aromatic heterocycles. The van der Waals surface area contributed by atoms with Gasteiger partial charge in [0.2, 0.25) is 0 Å². The van der Waals surface area contributed by atoms with Crippen molar-refractivity contribution in [1.82, 2.24) is 5.32 Å². The molecule has 1 N–H and O–H groups in total. The number of carbonyl (C=O) groups is 1. The summed E-state index contributed by atoms with van der Waals surface area (Å²) in [6, 6.07) is 0.325. The van der Waals surface area contributed by atoms with E-state index in [2.05, 4.69) is 12.2 Å². The minimum atomic E-state index is -0.0611. The molecule has 12 heavy (non-hydrogen) atoms. The molecule has 70 valence electrons. The van der Waals surface area contributed by atoms with Crippen molar-refractivity contribution in [3.05, 3.63) is 0 Å². The Morgan fingerprint density at radius 2 is 2.42 bits per heavy atom. The van der Waals surface area contributed by atoms with Gasteiger partial charge in [-0.05, 0) is 25.8 Å². The lowest BCUT2D eigenvalue weighted by molar-refractivity contribution is -0.147. The summed E-state index contributed by atoms with van der Waals surface area (Å²) in [5.41, 5.74) is 0. The molecule has 1 aliphatic heterocycles. The van der Waals surface area contributed by atoms with Crippen molar-refractivity contribution in [3.63, 3.8) is 0 Å². The molecule has 0 amide bonds. The predicted octanol–water partition coefficient (Wildman–Crippen LogP) is 0.938. The molecular weight excluding hydrogens is 154 g/mol.